The van der Waals surface area contributed by atoms with Gasteiger partial charge in [-0.3, -0.25) is 9.36 Å². The maximum Gasteiger partial charge on any atom is 0.254 e. The van der Waals surface area contributed by atoms with Gasteiger partial charge in [-0.1, -0.05) is 18.2 Å². The highest BCUT2D eigenvalue weighted by Gasteiger charge is 2.19. The number of carbonyl (C=O) groups is 1. The Hall–Kier alpha value is -3.85. The minimum atomic E-state index is -0.148. The molecule has 0 bridgehead atoms. The van der Waals surface area contributed by atoms with Crippen molar-refractivity contribution in [3.8, 4) is 11.8 Å². The number of hydrogen-bond acceptors (Lipinski definition) is 4. The molecule has 1 amide bonds. The van der Waals surface area contributed by atoms with Crippen LogP contribution in [0.4, 0.5) is 0 Å². The molecule has 0 fully saturated rings. The van der Waals surface area contributed by atoms with E-state index in [1.807, 2.05) is 61.5 Å². The van der Waals surface area contributed by atoms with Gasteiger partial charge in [0.1, 0.15) is 11.6 Å². The van der Waals surface area contributed by atoms with Crippen molar-refractivity contribution in [3.63, 3.8) is 0 Å². The maximum absolute atomic E-state index is 13.1. The predicted molar refractivity (Wildman–Crippen MR) is 109 cm³/mol. The number of nitriles is 1. The Morgan fingerprint density at radius 1 is 1.17 bits per heavy atom. The minimum absolute atomic E-state index is 0.148. The molecule has 0 unspecified atom stereocenters. The largest absolute Gasteiger partial charge is 0.467 e. The van der Waals surface area contributed by atoms with Crippen molar-refractivity contribution in [3.05, 3.63) is 84.1 Å². The van der Waals surface area contributed by atoms with Crippen LogP contribution in [-0.4, -0.2) is 26.9 Å². The Labute approximate surface area is 168 Å². The molecule has 2 aromatic heterocycles. The van der Waals surface area contributed by atoms with Gasteiger partial charge < -0.3 is 9.32 Å². The van der Waals surface area contributed by atoms with E-state index in [-0.39, 0.29) is 12.3 Å². The highest BCUT2D eigenvalue weighted by Crippen LogP contribution is 2.23. The zero-order valence-corrected chi connectivity index (χ0v) is 16.1. The number of para-hydroxylation sites is 1. The predicted octanol–water partition coefficient (Wildman–Crippen LogP) is 4.48. The van der Waals surface area contributed by atoms with Crippen molar-refractivity contribution < 1.29 is 9.21 Å². The van der Waals surface area contributed by atoms with Crippen LogP contribution in [0.15, 0.2) is 71.3 Å². The number of amides is 1. The molecule has 0 spiro atoms. The number of fused-ring (bicyclic) bond motifs is 1. The van der Waals surface area contributed by atoms with E-state index in [2.05, 4.69) is 15.6 Å². The molecule has 0 radical (unpaired) electrons. The van der Waals surface area contributed by atoms with Gasteiger partial charge in [0, 0.05) is 17.8 Å². The van der Waals surface area contributed by atoms with Crippen LogP contribution in [0.5, 0.6) is 0 Å². The molecule has 4 rings (SSSR count). The van der Waals surface area contributed by atoms with E-state index >= 15 is 0 Å². The second kappa shape index (κ2) is 8.03. The number of furan rings is 1. The third-order valence-corrected chi connectivity index (χ3v) is 4.79. The molecular formula is C23H20N4O2. The molecule has 29 heavy (non-hydrogen) atoms. The fourth-order valence-electron chi connectivity index (χ4n) is 3.45. The second-order valence-electron chi connectivity index (χ2n) is 6.75. The lowest BCUT2D eigenvalue weighted by Crippen LogP contribution is -2.31. The fourth-order valence-corrected chi connectivity index (χ4v) is 3.45. The Morgan fingerprint density at radius 2 is 2.00 bits per heavy atom. The van der Waals surface area contributed by atoms with Crippen LogP contribution in [0.25, 0.3) is 16.7 Å². The summed E-state index contributed by atoms with van der Waals surface area (Å²) in [6, 6.07) is 21.3. The topological polar surface area (TPSA) is 75.1 Å². The summed E-state index contributed by atoms with van der Waals surface area (Å²) in [6.07, 6.45) is 1.84. The van der Waals surface area contributed by atoms with Gasteiger partial charge in [-0.2, -0.15) is 5.26 Å². The summed E-state index contributed by atoms with van der Waals surface area (Å²) < 4.78 is 7.45. The van der Waals surface area contributed by atoms with Crippen molar-refractivity contribution in [2.24, 2.45) is 0 Å². The van der Waals surface area contributed by atoms with Crippen molar-refractivity contribution in [2.75, 3.05) is 6.54 Å². The number of aromatic nitrogens is 2. The quantitative estimate of drug-likeness (QED) is 0.491. The lowest BCUT2D eigenvalue weighted by molar-refractivity contribution is 0.0735. The molecule has 6 heteroatoms. The van der Waals surface area contributed by atoms with Gasteiger partial charge in [0.15, 0.2) is 0 Å². The first-order valence-corrected chi connectivity index (χ1v) is 9.40. The van der Waals surface area contributed by atoms with Crippen LogP contribution < -0.4 is 0 Å². The lowest BCUT2D eigenvalue weighted by atomic mass is 10.1. The van der Waals surface area contributed by atoms with E-state index in [0.717, 1.165) is 22.5 Å². The molecule has 2 heterocycles. The summed E-state index contributed by atoms with van der Waals surface area (Å²) in [4.78, 5) is 19.4. The highest BCUT2D eigenvalue weighted by molar-refractivity contribution is 5.97. The molecule has 0 atom stereocenters. The van der Waals surface area contributed by atoms with Gasteiger partial charge in [0.25, 0.3) is 5.91 Å². The van der Waals surface area contributed by atoms with Crippen LogP contribution >= 0.6 is 0 Å². The Bertz CT molecular complexity index is 1170. The smallest absolute Gasteiger partial charge is 0.254 e. The summed E-state index contributed by atoms with van der Waals surface area (Å²) in [5, 5.41) is 8.95. The summed E-state index contributed by atoms with van der Waals surface area (Å²) in [5.74, 6) is 1.39. The summed E-state index contributed by atoms with van der Waals surface area (Å²) in [6.45, 7) is 2.61. The number of rotatable bonds is 6. The van der Waals surface area contributed by atoms with E-state index < -0.39 is 0 Å². The zero-order valence-electron chi connectivity index (χ0n) is 16.1. The molecule has 0 saturated heterocycles. The first-order chi connectivity index (χ1) is 14.2. The average Bonchev–Trinajstić information content (AvgIpc) is 3.37. The minimum Gasteiger partial charge on any atom is -0.467 e. The van der Waals surface area contributed by atoms with Gasteiger partial charge in [-0.15, -0.1) is 0 Å². The molecule has 0 N–H and O–H groups in total. The number of imidazole rings is 1. The van der Waals surface area contributed by atoms with Crippen LogP contribution in [-0.2, 0) is 6.54 Å². The van der Waals surface area contributed by atoms with E-state index in [0.29, 0.717) is 24.4 Å². The number of aryl methyl sites for hydroxylation is 1. The van der Waals surface area contributed by atoms with E-state index in [4.69, 9.17) is 9.68 Å². The molecule has 4 aromatic rings. The second-order valence-corrected chi connectivity index (χ2v) is 6.75. The van der Waals surface area contributed by atoms with Crippen molar-refractivity contribution in [1.29, 1.82) is 5.26 Å². The summed E-state index contributed by atoms with van der Waals surface area (Å²) in [5.41, 5.74) is 3.27. The number of benzene rings is 2. The van der Waals surface area contributed by atoms with Crippen LogP contribution in [0.3, 0.4) is 0 Å². The van der Waals surface area contributed by atoms with E-state index in [1.165, 1.54) is 0 Å². The first kappa shape index (κ1) is 18.5. The summed E-state index contributed by atoms with van der Waals surface area (Å²) in [7, 11) is 0. The normalized spacial score (nSPS) is 10.8. The molecule has 0 aliphatic heterocycles. The highest BCUT2D eigenvalue weighted by atomic mass is 16.3. The van der Waals surface area contributed by atoms with Crippen LogP contribution in [0, 0.1) is 18.3 Å². The molecule has 2 aromatic carbocycles. The molecule has 0 saturated carbocycles. The molecule has 6 nitrogen and oxygen atoms in total. The number of carbonyl (C=O) groups excluding carboxylic acids is 1. The van der Waals surface area contributed by atoms with Crippen molar-refractivity contribution in [2.45, 2.75) is 19.9 Å². The Morgan fingerprint density at radius 3 is 2.72 bits per heavy atom. The Kier molecular flexibility index (Phi) is 5.12. The number of nitrogens with zero attached hydrogens (tertiary/aromatic N) is 4. The van der Waals surface area contributed by atoms with Crippen LogP contribution in [0.2, 0.25) is 0 Å². The maximum atomic E-state index is 13.1. The zero-order chi connectivity index (χ0) is 20.2. The standard InChI is InChI=1S/C23H20N4O2/c1-17-25-21-15-18(10-11-22(21)27(17)19-7-3-2-4-8-19)23(28)26(13-6-12-24)16-20-9-5-14-29-20/h2-5,7-11,14-15H,6,13,16H2,1H3. The Balaban J connectivity index is 1.67. The third kappa shape index (κ3) is 3.76. The van der Waals surface area contributed by atoms with Gasteiger partial charge >= 0.3 is 0 Å². The average molecular weight is 384 g/mol. The van der Waals surface area contributed by atoms with Gasteiger partial charge in [0.2, 0.25) is 0 Å². The van der Waals surface area contributed by atoms with Crippen LogP contribution in [0.1, 0.15) is 28.4 Å². The van der Waals surface area contributed by atoms with E-state index in [9.17, 15) is 4.79 Å². The third-order valence-electron chi connectivity index (χ3n) is 4.79. The molecular weight excluding hydrogens is 364 g/mol. The molecule has 0 aliphatic rings. The lowest BCUT2D eigenvalue weighted by Gasteiger charge is -2.20. The van der Waals surface area contributed by atoms with Gasteiger partial charge in [0.05, 0.1) is 36.3 Å². The van der Waals surface area contributed by atoms with Crippen molar-refractivity contribution >= 4 is 16.9 Å². The van der Waals surface area contributed by atoms with Gasteiger partial charge in [-0.25, -0.2) is 4.98 Å². The van der Waals surface area contributed by atoms with E-state index in [1.54, 1.807) is 17.2 Å². The van der Waals surface area contributed by atoms with Gasteiger partial charge in [-0.05, 0) is 49.4 Å². The first-order valence-electron chi connectivity index (χ1n) is 9.40. The monoisotopic (exact) mass is 384 g/mol. The van der Waals surface area contributed by atoms with Crippen molar-refractivity contribution in [1.82, 2.24) is 14.5 Å². The molecule has 0 aliphatic carbocycles. The number of hydrogen-bond donors (Lipinski definition) is 0. The molecule has 144 valence electrons. The SMILES string of the molecule is Cc1nc2cc(C(=O)N(CCC#N)Cc3ccco3)ccc2n1-c1ccccc1. The summed E-state index contributed by atoms with van der Waals surface area (Å²) >= 11 is 0. The fraction of sp³-hybridized carbons (Fsp3) is 0.174.